The van der Waals surface area contributed by atoms with Crippen molar-refractivity contribution in [2.45, 2.75) is 6.42 Å². The van der Waals surface area contributed by atoms with Crippen LogP contribution in [-0.2, 0) is 6.42 Å². The van der Waals surface area contributed by atoms with Gasteiger partial charge in [0, 0.05) is 20.0 Å². The average molecular weight is 419 g/mol. The van der Waals surface area contributed by atoms with E-state index in [-0.39, 0.29) is 18.0 Å². The average Bonchev–Trinajstić information content (AvgIpc) is 2.33. The van der Waals surface area contributed by atoms with E-state index in [4.69, 9.17) is 0 Å². The summed E-state index contributed by atoms with van der Waals surface area (Å²) in [4.78, 5) is 12.1. The molecule has 0 atom stereocenters. The number of carbonyl (C=O) groups is 1. The van der Waals surface area contributed by atoms with Crippen LogP contribution in [0, 0.1) is 9.39 Å². The van der Waals surface area contributed by atoms with Crippen molar-refractivity contribution in [3.63, 3.8) is 0 Å². The molecule has 0 aromatic heterocycles. The van der Waals surface area contributed by atoms with E-state index in [1.807, 2.05) is 18.2 Å². The number of hydrogen-bond acceptors (Lipinski definition) is 1. The van der Waals surface area contributed by atoms with Gasteiger partial charge in [-0.15, -0.1) is 0 Å². The van der Waals surface area contributed by atoms with Gasteiger partial charge in [-0.25, -0.2) is 4.39 Å². The molecule has 0 bridgehead atoms. The summed E-state index contributed by atoms with van der Waals surface area (Å²) in [7, 11) is 0. The first kappa shape index (κ1) is 13.7. The highest BCUT2D eigenvalue weighted by molar-refractivity contribution is 14.1. The maximum absolute atomic E-state index is 13.6. The molecule has 4 heteroatoms. The predicted molar refractivity (Wildman–Crippen MR) is 81.3 cm³/mol. The fourth-order valence-corrected chi connectivity index (χ4v) is 2.64. The molecular formula is C14H9BrFIO. The van der Waals surface area contributed by atoms with Crippen LogP contribution in [0.5, 0.6) is 0 Å². The topological polar surface area (TPSA) is 17.1 Å². The molecule has 2 aromatic rings. The molecule has 0 saturated heterocycles. The Balaban J connectivity index is 2.24. The van der Waals surface area contributed by atoms with E-state index in [9.17, 15) is 9.18 Å². The Morgan fingerprint density at radius 1 is 1.22 bits per heavy atom. The van der Waals surface area contributed by atoms with Crippen molar-refractivity contribution in [2.24, 2.45) is 0 Å². The fourth-order valence-electron chi connectivity index (χ4n) is 1.62. The molecule has 0 aliphatic carbocycles. The summed E-state index contributed by atoms with van der Waals surface area (Å²) in [5.74, 6) is -0.426. The monoisotopic (exact) mass is 418 g/mol. The lowest BCUT2D eigenvalue weighted by molar-refractivity contribution is 0.0991. The Bertz CT molecular complexity index is 598. The van der Waals surface area contributed by atoms with Crippen LogP contribution in [0.15, 0.2) is 46.9 Å². The first-order valence-corrected chi connectivity index (χ1v) is 7.17. The van der Waals surface area contributed by atoms with Gasteiger partial charge in [-0.2, -0.15) is 0 Å². The SMILES string of the molecule is O=C(Cc1ccc(Br)cc1F)c1ccccc1I. The molecule has 0 unspecified atom stereocenters. The zero-order valence-electron chi connectivity index (χ0n) is 9.29. The Labute approximate surface area is 127 Å². The number of halogens is 3. The van der Waals surface area contributed by atoms with Crippen LogP contribution in [0.1, 0.15) is 15.9 Å². The molecule has 0 amide bonds. The van der Waals surface area contributed by atoms with Gasteiger partial charge in [0.25, 0.3) is 0 Å². The van der Waals surface area contributed by atoms with E-state index in [1.54, 1.807) is 18.2 Å². The van der Waals surface area contributed by atoms with Gasteiger partial charge in [-0.3, -0.25) is 4.79 Å². The standard InChI is InChI=1S/C14H9BrFIO/c15-10-6-5-9(12(16)8-10)7-14(18)11-3-1-2-4-13(11)17/h1-6,8H,7H2. The van der Waals surface area contributed by atoms with Crippen LogP contribution < -0.4 is 0 Å². The van der Waals surface area contributed by atoms with Gasteiger partial charge in [0.05, 0.1) is 0 Å². The summed E-state index contributed by atoms with van der Waals surface area (Å²) < 4.78 is 15.2. The minimum absolute atomic E-state index is 0.0683. The molecule has 0 saturated carbocycles. The third-order valence-corrected chi connectivity index (χ3v) is 3.97. The summed E-state index contributed by atoms with van der Waals surface area (Å²) in [5.41, 5.74) is 1.06. The molecular weight excluding hydrogens is 410 g/mol. The van der Waals surface area contributed by atoms with Gasteiger partial charge in [0.15, 0.2) is 5.78 Å². The summed E-state index contributed by atoms with van der Waals surface area (Å²) in [6.07, 6.45) is 0.0825. The Hall–Kier alpha value is -0.750. The lowest BCUT2D eigenvalue weighted by Gasteiger charge is -2.05. The van der Waals surface area contributed by atoms with Gasteiger partial charge in [0.2, 0.25) is 0 Å². The van der Waals surface area contributed by atoms with E-state index >= 15 is 0 Å². The number of rotatable bonds is 3. The maximum Gasteiger partial charge on any atom is 0.168 e. The van der Waals surface area contributed by atoms with Crippen molar-refractivity contribution >= 4 is 44.3 Å². The summed E-state index contributed by atoms with van der Waals surface area (Å²) in [6.45, 7) is 0. The second kappa shape index (κ2) is 5.93. The first-order chi connectivity index (χ1) is 8.58. The van der Waals surface area contributed by atoms with Gasteiger partial charge >= 0.3 is 0 Å². The van der Waals surface area contributed by atoms with Gasteiger partial charge in [-0.05, 0) is 46.4 Å². The van der Waals surface area contributed by atoms with Crippen LogP contribution in [0.2, 0.25) is 0 Å². The smallest absolute Gasteiger partial charge is 0.168 e. The highest BCUT2D eigenvalue weighted by Crippen LogP contribution is 2.19. The lowest BCUT2D eigenvalue weighted by Crippen LogP contribution is -2.07. The van der Waals surface area contributed by atoms with Crippen LogP contribution in [0.4, 0.5) is 4.39 Å². The van der Waals surface area contributed by atoms with Crippen molar-refractivity contribution < 1.29 is 9.18 Å². The first-order valence-electron chi connectivity index (χ1n) is 5.29. The third-order valence-electron chi connectivity index (χ3n) is 2.54. The Morgan fingerprint density at radius 3 is 2.61 bits per heavy atom. The molecule has 1 nitrogen and oxygen atoms in total. The fraction of sp³-hybridized carbons (Fsp3) is 0.0714. The van der Waals surface area contributed by atoms with E-state index in [2.05, 4.69) is 38.5 Å². The van der Waals surface area contributed by atoms with Crippen molar-refractivity contribution in [1.82, 2.24) is 0 Å². The highest BCUT2D eigenvalue weighted by Gasteiger charge is 2.12. The number of ketones is 1. The van der Waals surface area contributed by atoms with E-state index < -0.39 is 0 Å². The van der Waals surface area contributed by atoms with E-state index in [1.165, 1.54) is 6.07 Å². The van der Waals surface area contributed by atoms with Crippen molar-refractivity contribution in [1.29, 1.82) is 0 Å². The lowest BCUT2D eigenvalue weighted by atomic mass is 10.0. The molecule has 92 valence electrons. The Kier molecular flexibility index (Phi) is 4.50. The third kappa shape index (κ3) is 3.17. The second-order valence-corrected chi connectivity index (χ2v) is 5.89. The highest BCUT2D eigenvalue weighted by atomic mass is 127. The molecule has 2 rings (SSSR count). The molecule has 18 heavy (non-hydrogen) atoms. The van der Waals surface area contributed by atoms with Crippen molar-refractivity contribution in [2.75, 3.05) is 0 Å². The number of carbonyl (C=O) groups excluding carboxylic acids is 1. The quantitative estimate of drug-likeness (QED) is 0.525. The van der Waals surface area contributed by atoms with Gasteiger partial charge in [0.1, 0.15) is 5.82 Å². The summed E-state index contributed by atoms with van der Waals surface area (Å²) in [5, 5.41) is 0. The minimum Gasteiger partial charge on any atom is -0.294 e. The molecule has 0 N–H and O–H groups in total. The zero-order chi connectivity index (χ0) is 13.1. The van der Waals surface area contributed by atoms with Gasteiger partial charge in [-0.1, -0.05) is 40.2 Å². The van der Waals surface area contributed by atoms with E-state index in [0.29, 0.717) is 15.6 Å². The molecule has 0 aliphatic rings. The summed E-state index contributed by atoms with van der Waals surface area (Å²) >= 11 is 5.30. The van der Waals surface area contributed by atoms with Crippen LogP contribution in [-0.4, -0.2) is 5.78 Å². The molecule has 2 aromatic carbocycles. The zero-order valence-corrected chi connectivity index (χ0v) is 13.0. The number of benzene rings is 2. The molecule has 0 radical (unpaired) electrons. The second-order valence-electron chi connectivity index (χ2n) is 3.82. The Morgan fingerprint density at radius 2 is 1.94 bits per heavy atom. The van der Waals surface area contributed by atoms with Crippen LogP contribution >= 0.6 is 38.5 Å². The molecule has 0 aliphatic heterocycles. The largest absolute Gasteiger partial charge is 0.294 e. The molecule has 0 spiro atoms. The molecule has 0 heterocycles. The van der Waals surface area contributed by atoms with Crippen molar-refractivity contribution in [3.05, 3.63) is 67.5 Å². The van der Waals surface area contributed by atoms with Crippen molar-refractivity contribution in [3.8, 4) is 0 Å². The maximum atomic E-state index is 13.6. The van der Waals surface area contributed by atoms with E-state index in [0.717, 1.165) is 3.57 Å². The minimum atomic E-state index is -0.358. The normalized spacial score (nSPS) is 10.4. The van der Waals surface area contributed by atoms with Crippen LogP contribution in [0.3, 0.4) is 0 Å². The number of Topliss-reactive ketones (excluding diaryl/α,β-unsaturated/α-hetero) is 1. The summed E-state index contributed by atoms with van der Waals surface area (Å²) in [6, 6.07) is 12.1. The predicted octanol–water partition coefficient (Wildman–Crippen LogP) is 4.62. The molecule has 0 fully saturated rings. The number of hydrogen-bond donors (Lipinski definition) is 0. The van der Waals surface area contributed by atoms with Crippen LogP contribution in [0.25, 0.3) is 0 Å². The van der Waals surface area contributed by atoms with Gasteiger partial charge < -0.3 is 0 Å².